The third kappa shape index (κ3) is 2.53. The normalized spacial score (nSPS) is 18.9. The standard InChI is InChI=1S/C20H25N3O2/c1-11(2)19-18-15(10-17(24)21-20(18)23(3)22-19)14-8-12-6-5-7-13(12)9-16(14)25-4/h8-9,11,15H,5-7,10H2,1-4H3,(H,21,24). The average Bonchev–Trinajstić information content (AvgIpc) is 3.17. The van der Waals surface area contributed by atoms with Crippen molar-refractivity contribution in [2.45, 2.75) is 51.4 Å². The molecule has 4 rings (SSSR count). The molecule has 1 aromatic heterocycles. The smallest absolute Gasteiger partial charge is 0.226 e. The summed E-state index contributed by atoms with van der Waals surface area (Å²) < 4.78 is 7.52. The second-order valence-corrected chi connectivity index (χ2v) is 7.45. The second kappa shape index (κ2) is 5.90. The average molecular weight is 339 g/mol. The Bertz CT molecular complexity index is 851. The molecule has 1 aromatic carbocycles. The van der Waals surface area contributed by atoms with Gasteiger partial charge in [0.2, 0.25) is 5.91 Å². The van der Waals surface area contributed by atoms with Crippen molar-refractivity contribution < 1.29 is 9.53 Å². The van der Waals surface area contributed by atoms with Crippen LogP contribution in [0, 0.1) is 0 Å². The lowest BCUT2D eigenvalue weighted by atomic mass is 9.82. The summed E-state index contributed by atoms with van der Waals surface area (Å²) in [6.45, 7) is 4.30. The molecular weight excluding hydrogens is 314 g/mol. The highest BCUT2D eigenvalue weighted by atomic mass is 16.5. The zero-order valence-electron chi connectivity index (χ0n) is 15.3. The molecule has 0 spiro atoms. The largest absolute Gasteiger partial charge is 0.496 e. The maximum Gasteiger partial charge on any atom is 0.226 e. The van der Waals surface area contributed by atoms with E-state index in [0.717, 1.165) is 41.2 Å². The lowest BCUT2D eigenvalue weighted by Gasteiger charge is -2.27. The number of nitrogens with zero attached hydrogens (tertiary/aromatic N) is 2. The maximum absolute atomic E-state index is 12.4. The Morgan fingerprint density at radius 2 is 2.00 bits per heavy atom. The molecule has 2 aromatic rings. The van der Waals surface area contributed by atoms with Crippen LogP contribution < -0.4 is 10.1 Å². The van der Waals surface area contributed by atoms with E-state index in [9.17, 15) is 4.79 Å². The molecule has 5 nitrogen and oxygen atoms in total. The van der Waals surface area contributed by atoms with Gasteiger partial charge in [-0.2, -0.15) is 5.10 Å². The fourth-order valence-corrected chi connectivity index (χ4v) is 4.29. The summed E-state index contributed by atoms with van der Waals surface area (Å²) in [5.41, 5.74) is 6.11. The van der Waals surface area contributed by atoms with Crippen LogP contribution in [0.3, 0.4) is 0 Å². The molecule has 25 heavy (non-hydrogen) atoms. The zero-order valence-corrected chi connectivity index (χ0v) is 15.3. The number of nitrogens with one attached hydrogen (secondary N) is 1. The van der Waals surface area contributed by atoms with E-state index in [0.29, 0.717) is 12.3 Å². The van der Waals surface area contributed by atoms with Crippen molar-refractivity contribution in [1.29, 1.82) is 0 Å². The first-order chi connectivity index (χ1) is 12.0. The van der Waals surface area contributed by atoms with E-state index in [1.807, 2.05) is 7.05 Å². The number of amides is 1. The topological polar surface area (TPSA) is 56.1 Å². The van der Waals surface area contributed by atoms with Gasteiger partial charge in [0.15, 0.2) is 0 Å². The number of hydrogen-bond donors (Lipinski definition) is 1. The van der Waals surface area contributed by atoms with Gasteiger partial charge in [-0.05, 0) is 42.4 Å². The third-order valence-corrected chi connectivity index (χ3v) is 5.47. The van der Waals surface area contributed by atoms with Crippen LogP contribution in [0.2, 0.25) is 0 Å². The van der Waals surface area contributed by atoms with Crippen LogP contribution in [0.15, 0.2) is 12.1 Å². The summed E-state index contributed by atoms with van der Waals surface area (Å²) in [6, 6.07) is 4.45. The van der Waals surface area contributed by atoms with Gasteiger partial charge in [0.25, 0.3) is 0 Å². The van der Waals surface area contributed by atoms with E-state index in [1.54, 1.807) is 11.8 Å². The van der Waals surface area contributed by atoms with E-state index in [4.69, 9.17) is 9.84 Å². The van der Waals surface area contributed by atoms with Crippen molar-refractivity contribution in [3.63, 3.8) is 0 Å². The van der Waals surface area contributed by atoms with Crippen molar-refractivity contribution >= 4 is 11.7 Å². The van der Waals surface area contributed by atoms with Crippen molar-refractivity contribution in [2.75, 3.05) is 12.4 Å². The molecule has 1 aliphatic heterocycles. The van der Waals surface area contributed by atoms with Gasteiger partial charge in [-0.3, -0.25) is 9.48 Å². The van der Waals surface area contributed by atoms with Gasteiger partial charge >= 0.3 is 0 Å². The Morgan fingerprint density at radius 3 is 2.68 bits per heavy atom. The molecule has 5 heteroatoms. The molecule has 2 aliphatic rings. The minimum atomic E-state index is -0.00398. The number of rotatable bonds is 3. The van der Waals surface area contributed by atoms with Crippen molar-refractivity contribution in [2.24, 2.45) is 7.05 Å². The first kappa shape index (κ1) is 16.2. The lowest BCUT2D eigenvalue weighted by molar-refractivity contribution is -0.116. The van der Waals surface area contributed by atoms with Crippen molar-refractivity contribution in [3.05, 3.63) is 40.1 Å². The molecule has 0 bridgehead atoms. The fraction of sp³-hybridized carbons (Fsp3) is 0.500. The van der Waals surface area contributed by atoms with Crippen molar-refractivity contribution in [3.8, 4) is 5.75 Å². The van der Waals surface area contributed by atoms with E-state index in [-0.39, 0.29) is 11.8 Å². The van der Waals surface area contributed by atoms with Gasteiger partial charge in [-0.15, -0.1) is 0 Å². The molecule has 2 heterocycles. The predicted octanol–water partition coefficient (Wildman–Crippen LogP) is 3.51. The lowest BCUT2D eigenvalue weighted by Crippen LogP contribution is -2.25. The van der Waals surface area contributed by atoms with Crippen LogP contribution in [0.25, 0.3) is 0 Å². The van der Waals surface area contributed by atoms with Crippen molar-refractivity contribution in [1.82, 2.24) is 9.78 Å². The van der Waals surface area contributed by atoms with E-state index in [2.05, 4.69) is 31.3 Å². The first-order valence-corrected chi connectivity index (χ1v) is 9.06. The molecule has 1 aliphatic carbocycles. The fourth-order valence-electron chi connectivity index (χ4n) is 4.29. The van der Waals surface area contributed by atoms with Crippen LogP contribution in [0.1, 0.15) is 66.5 Å². The Hall–Kier alpha value is -2.30. The molecular formula is C20H25N3O2. The number of fused-ring (bicyclic) bond motifs is 2. The molecule has 1 amide bonds. The number of carbonyl (C=O) groups is 1. The molecule has 1 atom stereocenters. The molecule has 0 fully saturated rings. The molecule has 1 unspecified atom stereocenters. The maximum atomic E-state index is 12.4. The van der Waals surface area contributed by atoms with Crippen LogP contribution in [-0.2, 0) is 24.7 Å². The molecule has 0 radical (unpaired) electrons. The molecule has 0 saturated heterocycles. The molecule has 0 saturated carbocycles. The number of aryl methyl sites for hydroxylation is 3. The van der Waals surface area contributed by atoms with Gasteiger partial charge in [0, 0.05) is 30.5 Å². The summed E-state index contributed by atoms with van der Waals surface area (Å²) in [5, 5.41) is 7.70. The van der Waals surface area contributed by atoms with Gasteiger partial charge in [-0.25, -0.2) is 0 Å². The van der Waals surface area contributed by atoms with Gasteiger partial charge in [-0.1, -0.05) is 19.9 Å². The highest BCUT2D eigenvalue weighted by Crippen LogP contribution is 2.45. The Morgan fingerprint density at radius 1 is 1.28 bits per heavy atom. The minimum Gasteiger partial charge on any atom is -0.496 e. The van der Waals surface area contributed by atoms with Gasteiger partial charge in [0.1, 0.15) is 11.6 Å². The number of methoxy groups -OCH3 is 1. The van der Waals surface area contributed by atoms with Crippen LogP contribution in [0.5, 0.6) is 5.75 Å². The zero-order chi connectivity index (χ0) is 17.7. The van der Waals surface area contributed by atoms with E-state index >= 15 is 0 Å². The Balaban J connectivity index is 1.92. The highest BCUT2D eigenvalue weighted by molar-refractivity contribution is 5.94. The first-order valence-electron chi connectivity index (χ1n) is 9.06. The Labute approximate surface area is 148 Å². The summed E-state index contributed by atoms with van der Waals surface area (Å²) >= 11 is 0. The molecule has 132 valence electrons. The van der Waals surface area contributed by atoms with Crippen LogP contribution in [-0.4, -0.2) is 22.8 Å². The number of anilines is 1. The summed E-state index contributed by atoms with van der Waals surface area (Å²) in [5.74, 6) is 2.05. The number of aromatic nitrogens is 2. The molecule has 1 N–H and O–H groups in total. The second-order valence-electron chi connectivity index (χ2n) is 7.45. The number of carbonyl (C=O) groups excluding carboxylic acids is 1. The third-order valence-electron chi connectivity index (χ3n) is 5.47. The highest BCUT2D eigenvalue weighted by Gasteiger charge is 2.35. The number of ether oxygens (including phenoxy) is 1. The number of benzene rings is 1. The van der Waals surface area contributed by atoms with Gasteiger partial charge < -0.3 is 10.1 Å². The van der Waals surface area contributed by atoms with Crippen LogP contribution in [0.4, 0.5) is 5.82 Å². The minimum absolute atomic E-state index is 0.00398. The SMILES string of the molecule is COc1cc2c(cc1C1CC(=O)Nc3c1c(C(C)C)nn3C)CCC2. The summed E-state index contributed by atoms with van der Waals surface area (Å²) in [7, 11) is 3.61. The predicted molar refractivity (Wildman–Crippen MR) is 97.4 cm³/mol. The van der Waals surface area contributed by atoms with Gasteiger partial charge in [0.05, 0.1) is 12.8 Å². The number of hydrogen-bond acceptors (Lipinski definition) is 3. The van der Waals surface area contributed by atoms with E-state index < -0.39 is 0 Å². The summed E-state index contributed by atoms with van der Waals surface area (Å²) in [6.07, 6.45) is 3.87. The van der Waals surface area contributed by atoms with Crippen LogP contribution >= 0.6 is 0 Å². The Kier molecular flexibility index (Phi) is 3.82. The van der Waals surface area contributed by atoms with E-state index in [1.165, 1.54) is 17.5 Å². The monoisotopic (exact) mass is 339 g/mol. The quantitative estimate of drug-likeness (QED) is 0.931. The summed E-state index contributed by atoms with van der Waals surface area (Å²) in [4.78, 5) is 12.4.